The maximum Gasteiger partial charge on any atom is 0.222 e. The largest absolute Gasteiger partial charge is 0.497 e. The number of methoxy groups -OCH3 is 2. The van der Waals surface area contributed by atoms with Gasteiger partial charge in [-0.1, -0.05) is 38.1 Å². The number of piperidine rings is 1. The second-order valence-corrected chi connectivity index (χ2v) is 9.42. The topological polar surface area (TPSA) is 42.0 Å². The van der Waals surface area contributed by atoms with Gasteiger partial charge >= 0.3 is 0 Å². The van der Waals surface area contributed by atoms with Crippen molar-refractivity contribution >= 4 is 5.91 Å². The van der Waals surface area contributed by atoms with Crippen molar-refractivity contribution in [3.63, 3.8) is 0 Å². The Morgan fingerprint density at radius 1 is 1.03 bits per heavy atom. The molecule has 33 heavy (non-hydrogen) atoms. The van der Waals surface area contributed by atoms with Crippen molar-refractivity contribution in [3.05, 3.63) is 59.7 Å². The minimum Gasteiger partial charge on any atom is -0.497 e. The summed E-state index contributed by atoms with van der Waals surface area (Å²) in [5.41, 5.74) is 2.29. The quantitative estimate of drug-likeness (QED) is 0.474. The van der Waals surface area contributed by atoms with Gasteiger partial charge in [0.25, 0.3) is 0 Å². The average Bonchev–Trinajstić information content (AvgIpc) is 2.84. The summed E-state index contributed by atoms with van der Waals surface area (Å²) in [6.07, 6.45) is 4.61. The van der Waals surface area contributed by atoms with Crippen LogP contribution < -0.4 is 9.47 Å². The molecule has 0 aliphatic carbocycles. The van der Waals surface area contributed by atoms with E-state index in [0.717, 1.165) is 56.8 Å². The summed E-state index contributed by atoms with van der Waals surface area (Å²) in [6, 6.07) is 16.8. The number of amides is 1. The van der Waals surface area contributed by atoms with E-state index >= 15 is 0 Å². The monoisotopic (exact) mass is 452 g/mol. The molecule has 2 aromatic rings. The maximum atomic E-state index is 12.5. The molecule has 0 bridgehead atoms. The number of hydrogen-bond donors (Lipinski definition) is 0. The molecule has 1 fully saturated rings. The highest BCUT2D eigenvalue weighted by molar-refractivity contribution is 5.76. The van der Waals surface area contributed by atoms with E-state index in [1.54, 1.807) is 14.2 Å². The van der Waals surface area contributed by atoms with E-state index < -0.39 is 0 Å². The van der Waals surface area contributed by atoms with Crippen LogP contribution in [0.3, 0.4) is 0 Å². The Morgan fingerprint density at radius 2 is 1.73 bits per heavy atom. The second kappa shape index (κ2) is 11.6. The number of benzene rings is 2. The summed E-state index contributed by atoms with van der Waals surface area (Å²) in [5, 5.41) is 0. The molecule has 1 amide bonds. The molecule has 0 spiro atoms. The number of rotatable bonds is 11. The summed E-state index contributed by atoms with van der Waals surface area (Å²) in [4.78, 5) is 17.1. The third kappa shape index (κ3) is 5.89. The molecular formula is C28H40N2O3. The molecule has 1 aliphatic rings. The van der Waals surface area contributed by atoms with Crippen LogP contribution in [0.2, 0.25) is 0 Å². The van der Waals surface area contributed by atoms with Crippen molar-refractivity contribution in [1.29, 1.82) is 0 Å². The molecule has 1 unspecified atom stereocenters. The SMILES string of the molecule is COc1cccc(CCN(C)C(CCN2CCCCC2=O)(c2cccc(OC)c2)C(C)C)c1. The van der Waals surface area contributed by atoms with Gasteiger partial charge in [0.15, 0.2) is 0 Å². The Bertz CT molecular complexity index is 914. The van der Waals surface area contributed by atoms with Crippen molar-refractivity contribution in [2.45, 2.75) is 51.5 Å². The van der Waals surface area contributed by atoms with Crippen LogP contribution in [0.4, 0.5) is 0 Å². The van der Waals surface area contributed by atoms with Crippen molar-refractivity contribution in [2.24, 2.45) is 5.92 Å². The van der Waals surface area contributed by atoms with Crippen LogP contribution in [0, 0.1) is 5.92 Å². The average molecular weight is 453 g/mol. The Hall–Kier alpha value is -2.53. The van der Waals surface area contributed by atoms with Crippen molar-refractivity contribution in [1.82, 2.24) is 9.80 Å². The van der Waals surface area contributed by atoms with Gasteiger partial charge in [0, 0.05) is 31.6 Å². The predicted molar refractivity (Wildman–Crippen MR) is 134 cm³/mol. The van der Waals surface area contributed by atoms with Crippen LogP contribution in [0.25, 0.3) is 0 Å². The predicted octanol–water partition coefficient (Wildman–Crippen LogP) is 5.13. The molecule has 1 aliphatic heterocycles. The first kappa shape index (κ1) is 25.1. The fourth-order valence-electron chi connectivity index (χ4n) is 5.24. The molecule has 5 nitrogen and oxygen atoms in total. The van der Waals surface area contributed by atoms with Gasteiger partial charge in [0.1, 0.15) is 11.5 Å². The minimum atomic E-state index is -0.217. The minimum absolute atomic E-state index is 0.217. The number of ether oxygens (including phenoxy) is 2. The van der Waals surface area contributed by atoms with E-state index in [0.29, 0.717) is 18.2 Å². The maximum absolute atomic E-state index is 12.5. The van der Waals surface area contributed by atoms with Gasteiger partial charge in [-0.25, -0.2) is 0 Å². The third-order valence-corrected chi connectivity index (χ3v) is 7.26. The molecule has 1 saturated heterocycles. The molecule has 2 aromatic carbocycles. The summed E-state index contributed by atoms with van der Waals surface area (Å²) >= 11 is 0. The lowest BCUT2D eigenvalue weighted by atomic mass is 9.75. The number of carbonyl (C=O) groups excluding carboxylic acids is 1. The molecule has 0 aromatic heterocycles. The fourth-order valence-corrected chi connectivity index (χ4v) is 5.24. The first-order valence-corrected chi connectivity index (χ1v) is 12.2. The number of nitrogens with zero attached hydrogens (tertiary/aromatic N) is 2. The zero-order chi connectivity index (χ0) is 23.8. The zero-order valence-corrected chi connectivity index (χ0v) is 21.0. The van der Waals surface area contributed by atoms with Crippen LogP contribution in [-0.2, 0) is 16.8 Å². The van der Waals surface area contributed by atoms with Crippen LogP contribution in [0.5, 0.6) is 11.5 Å². The molecule has 5 heteroatoms. The lowest BCUT2D eigenvalue weighted by Gasteiger charge is -2.47. The normalized spacial score (nSPS) is 16.2. The summed E-state index contributed by atoms with van der Waals surface area (Å²) in [6.45, 7) is 7.13. The van der Waals surface area contributed by atoms with Gasteiger partial charge in [-0.05, 0) is 74.0 Å². The van der Waals surface area contributed by atoms with E-state index in [1.807, 2.05) is 18.2 Å². The van der Waals surface area contributed by atoms with Gasteiger partial charge in [-0.3, -0.25) is 9.69 Å². The van der Waals surface area contributed by atoms with Crippen molar-refractivity contribution in [3.8, 4) is 11.5 Å². The lowest BCUT2D eigenvalue weighted by Crippen LogP contribution is -2.51. The van der Waals surface area contributed by atoms with E-state index in [-0.39, 0.29) is 5.54 Å². The molecule has 180 valence electrons. The van der Waals surface area contributed by atoms with Crippen molar-refractivity contribution in [2.75, 3.05) is 40.9 Å². The first-order valence-electron chi connectivity index (χ1n) is 12.2. The summed E-state index contributed by atoms with van der Waals surface area (Å²) in [5.74, 6) is 2.40. The number of hydrogen-bond acceptors (Lipinski definition) is 4. The van der Waals surface area contributed by atoms with E-state index in [2.05, 4.69) is 61.0 Å². The summed E-state index contributed by atoms with van der Waals surface area (Å²) < 4.78 is 11.0. The zero-order valence-electron chi connectivity index (χ0n) is 21.0. The molecule has 1 heterocycles. The van der Waals surface area contributed by atoms with Crippen LogP contribution in [0.15, 0.2) is 48.5 Å². The Balaban J connectivity index is 1.89. The molecule has 0 radical (unpaired) electrons. The van der Waals surface area contributed by atoms with E-state index in [9.17, 15) is 4.79 Å². The highest BCUT2D eigenvalue weighted by Crippen LogP contribution is 2.40. The van der Waals surface area contributed by atoms with Crippen LogP contribution in [-0.4, -0.2) is 56.6 Å². The highest BCUT2D eigenvalue weighted by atomic mass is 16.5. The van der Waals surface area contributed by atoms with Gasteiger partial charge in [0.2, 0.25) is 5.91 Å². The Labute approximate surface area is 199 Å². The molecule has 0 saturated carbocycles. The third-order valence-electron chi connectivity index (χ3n) is 7.26. The molecule has 1 atom stereocenters. The van der Waals surface area contributed by atoms with Crippen molar-refractivity contribution < 1.29 is 14.3 Å². The number of carbonyl (C=O) groups is 1. The fraction of sp³-hybridized carbons (Fsp3) is 0.536. The van der Waals surface area contributed by atoms with Gasteiger partial charge in [-0.2, -0.15) is 0 Å². The van der Waals surface area contributed by atoms with Crippen LogP contribution in [0.1, 0.15) is 50.7 Å². The first-order chi connectivity index (χ1) is 15.9. The second-order valence-electron chi connectivity index (χ2n) is 9.42. The Kier molecular flexibility index (Phi) is 8.79. The van der Waals surface area contributed by atoms with E-state index in [4.69, 9.17) is 9.47 Å². The standard InChI is InChI=1S/C28H40N2O3/c1-22(2)28(24-11-9-13-26(21-24)33-5,16-19-30-17-7-6-14-27(30)31)29(3)18-15-23-10-8-12-25(20-23)32-4/h8-13,20-22H,6-7,14-19H2,1-5H3. The van der Waals surface area contributed by atoms with Crippen LogP contribution >= 0.6 is 0 Å². The van der Waals surface area contributed by atoms with Gasteiger partial charge < -0.3 is 14.4 Å². The molecule has 0 N–H and O–H groups in total. The number of likely N-dealkylation sites (tertiary alicyclic amines) is 1. The lowest BCUT2D eigenvalue weighted by molar-refractivity contribution is -0.133. The van der Waals surface area contributed by atoms with Gasteiger partial charge in [-0.15, -0.1) is 0 Å². The summed E-state index contributed by atoms with van der Waals surface area (Å²) in [7, 11) is 5.65. The smallest absolute Gasteiger partial charge is 0.222 e. The van der Waals surface area contributed by atoms with E-state index in [1.165, 1.54) is 11.1 Å². The molecular weight excluding hydrogens is 412 g/mol. The van der Waals surface area contributed by atoms with Gasteiger partial charge in [0.05, 0.1) is 14.2 Å². The Morgan fingerprint density at radius 3 is 2.39 bits per heavy atom. The molecule has 3 rings (SSSR count). The highest BCUT2D eigenvalue weighted by Gasteiger charge is 2.40. The number of likely N-dealkylation sites (N-methyl/N-ethyl adjacent to an activating group) is 1.